The maximum absolute atomic E-state index is 12.3. The van der Waals surface area contributed by atoms with E-state index in [9.17, 15) is 9.59 Å². The monoisotopic (exact) mass is 241 g/mol. The van der Waals surface area contributed by atoms with Gasteiger partial charge < -0.3 is 9.64 Å². The molecule has 1 fully saturated rings. The highest BCUT2D eigenvalue weighted by Crippen LogP contribution is 2.22. The zero-order valence-electron chi connectivity index (χ0n) is 11.1. The molecule has 1 saturated heterocycles. The van der Waals surface area contributed by atoms with Crippen LogP contribution in [0.4, 0.5) is 0 Å². The molecule has 4 heteroatoms. The van der Waals surface area contributed by atoms with Crippen LogP contribution in [0.2, 0.25) is 0 Å². The van der Waals surface area contributed by atoms with Crippen molar-refractivity contribution in [1.82, 2.24) is 4.90 Å². The summed E-state index contributed by atoms with van der Waals surface area (Å²) in [5, 5.41) is 0. The number of amides is 1. The van der Waals surface area contributed by atoms with Crippen molar-refractivity contribution in [3.63, 3.8) is 0 Å². The average molecular weight is 241 g/mol. The van der Waals surface area contributed by atoms with Crippen LogP contribution >= 0.6 is 0 Å². The topological polar surface area (TPSA) is 46.6 Å². The van der Waals surface area contributed by atoms with Gasteiger partial charge in [-0.3, -0.25) is 4.79 Å². The molecule has 0 aromatic heterocycles. The van der Waals surface area contributed by atoms with Crippen LogP contribution in [0.3, 0.4) is 0 Å². The molecule has 1 aliphatic rings. The van der Waals surface area contributed by atoms with Gasteiger partial charge in [0.05, 0.1) is 7.11 Å². The third-order valence-corrected chi connectivity index (χ3v) is 3.59. The third kappa shape index (κ3) is 3.20. The van der Waals surface area contributed by atoms with Crippen LogP contribution in [-0.2, 0) is 14.3 Å². The van der Waals surface area contributed by atoms with Crippen molar-refractivity contribution in [2.24, 2.45) is 5.92 Å². The van der Waals surface area contributed by atoms with Gasteiger partial charge in [0.15, 0.2) is 0 Å². The Kier molecular flexibility index (Phi) is 5.45. The van der Waals surface area contributed by atoms with E-state index in [-0.39, 0.29) is 23.8 Å². The highest BCUT2D eigenvalue weighted by molar-refractivity contribution is 5.86. The Morgan fingerprint density at radius 1 is 1.29 bits per heavy atom. The Morgan fingerprint density at radius 3 is 2.47 bits per heavy atom. The molecule has 4 nitrogen and oxygen atoms in total. The summed E-state index contributed by atoms with van der Waals surface area (Å²) in [6, 6.07) is -0.359. The maximum Gasteiger partial charge on any atom is 0.328 e. The predicted octanol–water partition coefficient (Wildman–Crippen LogP) is 1.98. The summed E-state index contributed by atoms with van der Waals surface area (Å²) in [6.07, 6.45) is 4.38. The first-order chi connectivity index (χ1) is 8.15. The van der Waals surface area contributed by atoms with Crippen molar-refractivity contribution in [3.05, 3.63) is 0 Å². The number of likely N-dealkylation sites (tertiary alicyclic amines) is 1. The molecule has 1 rings (SSSR count). The molecule has 0 aromatic carbocycles. The van der Waals surface area contributed by atoms with Crippen LogP contribution in [0.15, 0.2) is 0 Å². The highest BCUT2D eigenvalue weighted by Gasteiger charge is 2.34. The second kappa shape index (κ2) is 6.62. The minimum absolute atomic E-state index is 0.0419. The van der Waals surface area contributed by atoms with E-state index < -0.39 is 0 Å². The van der Waals surface area contributed by atoms with E-state index in [4.69, 9.17) is 4.74 Å². The fourth-order valence-corrected chi connectivity index (χ4v) is 2.45. The molecule has 0 bridgehead atoms. The Morgan fingerprint density at radius 2 is 1.94 bits per heavy atom. The number of ether oxygens (including phenoxy) is 1. The molecular formula is C13H23NO3. The number of nitrogens with zero attached hydrogens (tertiary/aromatic N) is 1. The third-order valence-electron chi connectivity index (χ3n) is 3.59. The Labute approximate surface area is 103 Å². The lowest BCUT2D eigenvalue weighted by molar-refractivity contribution is -0.156. The van der Waals surface area contributed by atoms with Crippen molar-refractivity contribution in [2.75, 3.05) is 13.7 Å². The van der Waals surface area contributed by atoms with E-state index >= 15 is 0 Å². The summed E-state index contributed by atoms with van der Waals surface area (Å²) < 4.78 is 4.78. The molecule has 0 spiro atoms. The number of rotatable bonds is 4. The van der Waals surface area contributed by atoms with Gasteiger partial charge in [-0.15, -0.1) is 0 Å². The first-order valence-electron chi connectivity index (χ1n) is 6.53. The van der Waals surface area contributed by atoms with Gasteiger partial charge >= 0.3 is 5.97 Å². The van der Waals surface area contributed by atoms with Crippen molar-refractivity contribution >= 4 is 11.9 Å². The fourth-order valence-electron chi connectivity index (χ4n) is 2.45. The molecule has 1 atom stereocenters. The molecular weight excluding hydrogens is 218 g/mol. The molecule has 0 N–H and O–H groups in total. The lowest BCUT2D eigenvalue weighted by atomic mass is 9.96. The minimum Gasteiger partial charge on any atom is -0.467 e. The summed E-state index contributed by atoms with van der Waals surface area (Å²) in [4.78, 5) is 25.7. The van der Waals surface area contributed by atoms with Gasteiger partial charge in [-0.25, -0.2) is 4.79 Å². The molecule has 1 amide bonds. The van der Waals surface area contributed by atoms with Crippen LogP contribution in [0, 0.1) is 5.92 Å². The lowest BCUT2D eigenvalue weighted by Gasteiger charge is -2.35. The van der Waals surface area contributed by atoms with Gasteiger partial charge in [-0.05, 0) is 32.1 Å². The van der Waals surface area contributed by atoms with Gasteiger partial charge in [-0.1, -0.05) is 13.8 Å². The fraction of sp³-hybridized carbons (Fsp3) is 0.846. The van der Waals surface area contributed by atoms with Gasteiger partial charge in [0.25, 0.3) is 0 Å². The Hall–Kier alpha value is -1.06. The first kappa shape index (κ1) is 14.0. The van der Waals surface area contributed by atoms with E-state index in [0.29, 0.717) is 6.54 Å². The van der Waals surface area contributed by atoms with E-state index in [0.717, 1.165) is 32.1 Å². The van der Waals surface area contributed by atoms with Crippen molar-refractivity contribution in [1.29, 1.82) is 0 Å². The van der Waals surface area contributed by atoms with Gasteiger partial charge in [0, 0.05) is 12.5 Å². The summed E-state index contributed by atoms with van der Waals surface area (Å²) >= 11 is 0. The number of piperidine rings is 1. The van der Waals surface area contributed by atoms with E-state index in [1.807, 2.05) is 13.8 Å². The zero-order valence-corrected chi connectivity index (χ0v) is 11.1. The van der Waals surface area contributed by atoms with Gasteiger partial charge in [-0.2, -0.15) is 0 Å². The molecule has 0 unspecified atom stereocenters. The smallest absolute Gasteiger partial charge is 0.328 e. The predicted molar refractivity (Wildman–Crippen MR) is 65.4 cm³/mol. The Balaban J connectivity index is 2.76. The standard InChI is InChI=1S/C13H23NO3/c1-4-10(5-2)12(15)14-9-7-6-8-11(14)13(16)17-3/h10-11H,4-9H2,1-3H3/t11-/m1/s1. The van der Waals surface area contributed by atoms with E-state index in [2.05, 4.69) is 0 Å². The summed E-state index contributed by atoms with van der Waals surface area (Å²) in [5.74, 6) is -0.116. The van der Waals surface area contributed by atoms with Crippen LogP contribution in [-0.4, -0.2) is 36.5 Å². The second-order valence-corrected chi connectivity index (χ2v) is 4.58. The minimum atomic E-state index is -0.359. The average Bonchev–Trinajstić information content (AvgIpc) is 2.39. The molecule has 1 heterocycles. The van der Waals surface area contributed by atoms with Crippen LogP contribution in [0.25, 0.3) is 0 Å². The number of hydrogen-bond acceptors (Lipinski definition) is 3. The number of carbonyl (C=O) groups excluding carboxylic acids is 2. The Bertz CT molecular complexity index is 274. The van der Waals surface area contributed by atoms with Crippen molar-refractivity contribution < 1.29 is 14.3 Å². The molecule has 0 radical (unpaired) electrons. The van der Waals surface area contributed by atoms with Gasteiger partial charge in [0.1, 0.15) is 6.04 Å². The SMILES string of the molecule is CCC(CC)C(=O)N1CCCC[C@@H]1C(=O)OC. The summed E-state index contributed by atoms with van der Waals surface area (Å²) in [7, 11) is 1.39. The van der Waals surface area contributed by atoms with Gasteiger partial charge in [0.2, 0.25) is 5.91 Å². The normalized spacial score (nSPS) is 20.5. The molecule has 0 aromatic rings. The second-order valence-electron chi connectivity index (χ2n) is 4.58. The number of esters is 1. The molecule has 17 heavy (non-hydrogen) atoms. The van der Waals surface area contributed by atoms with Crippen molar-refractivity contribution in [3.8, 4) is 0 Å². The zero-order chi connectivity index (χ0) is 12.8. The number of methoxy groups -OCH3 is 1. The maximum atomic E-state index is 12.3. The van der Waals surface area contributed by atoms with Crippen LogP contribution < -0.4 is 0 Å². The van der Waals surface area contributed by atoms with Crippen molar-refractivity contribution in [2.45, 2.75) is 52.0 Å². The number of hydrogen-bond donors (Lipinski definition) is 0. The largest absolute Gasteiger partial charge is 0.467 e. The first-order valence-corrected chi connectivity index (χ1v) is 6.53. The highest BCUT2D eigenvalue weighted by atomic mass is 16.5. The summed E-state index contributed by atoms with van der Waals surface area (Å²) in [5.41, 5.74) is 0. The van der Waals surface area contributed by atoms with E-state index in [1.54, 1.807) is 4.90 Å². The molecule has 98 valence electrons. The van der Waals surface area contributed by atoms with Crippen LogP contribution in [0.1, 0.15) is 46.0 Å². The summed E-state index contributed by atoms with van der Waals surface area (Å²) in [6.45, 7) is 4.72. The lowest BCUT2D eigenvalue weighted by Crippen LogP contribution is -2.50. The number of carbonyl (C=O) groups is 2. The molecule has 0 saturated carbocycles. The molecule has 0 aliphatic carbocycles. The molecule has 1 aliphatic heterocycles. The quantitative estimate of drug-likeness (QED) is 0.707. The van der Waals surface area contributed by atoms with Crippen LogP contribution in [0.5, 0.6) is 0 Å². The van der Waals surface area contributed by atoms with E-state index in [1.165, 1.54) is 7.11 Å².